The van der Waals surface area contributed by atoms with Gasteiger partial charge in [0.2, 0.25) is 0 Å². The zero-order chi connectivity index (χ0) is 9.26. The van der Waals surface area contributed by atoms with Crippen LogP contribution in [-0.2, 0) is 0 Å². The van der Waals surface area contributed by atoms with E-state index in [0.717, 1.165) is 23.4 Å². The summed E-state index contributed by atoms with van der Waals surface area (Å²) in [6, 6.07) is 2.13. The highest BCUT2D eigenvalue weighted by atomic mass is 79.9. The molecule has 2 rings (SSSR count). The van der Waals surface area contributed by atoms with Crippen LogP contribution in [0.2, 0.25) is 0 Å². The zero-order valence-corrected chi connectivity index (χ0v) is 9.34. The Morgan fingerprint density at radius 2 is 2.08 bits per heavy atom. The Bertz CT molecular complexity index is 306. The Morgan fingerprint density at radius 1 is 1.38 bits per heavy atom. The van der Waals surface area contributed by atoms with Crippen molar-refractivity contribution in [2.75, 3.05) is 18.0 Å². The van der Waals surface area contributed by atoms with Gasteiger partial charge in [-0.05, 0) is 47.3 Å². The van der Waals surface area contributed by atoms with E-state index in [9.17, 15) is 0 Å². The molecule has 3 heteroatoms. The topological polar surface area (TPSA) is 16.1 Å². The molecule has 1 aromatic rings. The predicted octanol–water partition coefficient (Wildman–Crippen LogP) is 2.75. The van der Waals surface area contributed by atoms with Crippen LogP contribution in [0.4, 0.5) is 5.82 Å². The molecule has 0 amide bonds. The van der Waals surface area contributed by atoms with E-state index in [1.807, 2.05) is 6.20 Å². The second-order valence-corrected chi connectivity index (χ2v) is 4.40. The average molecular weight is 241 g/mol. The highest BCUT2D eigenvalue weighted by Gasteiger charge is 2.15. The van der Waals surface area contributed by atoms with Crippen LogP contribution in [0.1, 0.15) is 18.4 Å². The van der Waals surface area contributed by atoms with Gasteiger partial charge in [0, 0.05) is 23.8 Å². The fourth-order valence-corrected chi connectivity index (χ4v) is 2.24. The number of rotatable bonds is 1. The lowest BCUT2D eigenvalue weighted by Crippen LogP contribution is -2.19. The largest absolute Gasteiger partial charge is 0.356 e. The normalized spacial score (nSPS) is 16.6. The summed E-state index contributed by atoms with van der Waals surface area (Å²) in [6.07, 6.45) is 4.48. The Morgan fingerprint density at radius 3 is 2.69 bits per heavy atom. The lowest BCUT2D eigenvalue weighted by Gasteiger charge is -2.18. The maximum atomic E-state index is 4.44. The van der Waals surface area contributed by atoms with Gasteiger partial charge in [-0.3, -0.25) is 0 Å². The molecule has 0 N–H and O–H groups in total. The molecule has 70 valence electrons. The molecule has 2 heterocycles. The number of halogens is 1. The van der Waals surface area contributed by atoms with E-state index < -0.39 is 0 Å². The van der Waals surface area contributed by atoms with E-state index >= 15 is 0 Å². The van der Waals surface area contributed by atoms with Crippen LogP contribution in [0, 0.1) is 6.92 Å². The third-order valence-corrected chi connectivity index (χ3v) is 2.86. The average Bonchev–Trinajstić information content (AvgIpc) is 2.56. The van der Waals surface area contributed by atoms with Crippen molar-refractivity contribution in [3.8, 4) is 0 Å². The number of pyridine rings is 1. The number of nitrogens with zero attached hydrogens (tertiary/aromatic N) is 2. The van der Waals surface area contributed by atoms with Crippen molar-refractivity contribution in [1.82, 2.24) is 4.98 Å². The summed E-state index contributed by atoms with van der Waals surface area (Å²) in [5.74, 6) is 1.15. The first-order chi connectivity index (χ1) is 6.27. The molecule has 0 radical (unpaired) electrons. The molecule has 0 bridgehead atoms. The standard InChI is InChI=1S/C10H13BrN2/c1-8-6-9(11)7-12-10(8)13-4-2-3-5-13/h6-7H,2-5H2,1H3. The van der Waals surface area contributed by atoms with Crippen LogP contribution in [0.25, 0.3) is 0 Å². The molecule has 1 aliphatic rings. The highest BCUT2D eigenvalue weighted by Crippen LogP contribution is 2.23. The Kier molecular flexibility index (Phi) is 2.54. The van der Waals surface area contributed by atoms with Crippen LogP contribution in [0.15, 0.2) is 16.7 Å². The fourth-order valence-electron chi connectivity index (χ4n) is 1.79. The van der Waals surface area contributed by atoms with Crippen molar-refractivity contribution in [1.29, 1.82) is 0 Å². The lowest BCUT2D eigenvalue weighted by atomic mass is 10.3. The summed E-state index contributed by atoms with van der Waals surface area (Å²) in [5, 5.41) is 0. The number of hydrogen-bond donors (Lipinski definition) is 0. The van der Waals surface area contributed by atoms with E-state index in [2.05, 4.69) is 38.8 Å². The third kappa shape index (κ3) is 1.85. The van der Waals surface area contributed by atoms with Gasteiger partial charge in [-0.25, -0.2) is 4.98 Å². The molecule has 0 atom stereocenters. The number of anilines is 1. The summed E-state index contributed by atoms with van der Waals surface area (Å²) < 4.78 is 1.06. The minimum absolute atomic E-state index is 1.06. The van der Waals surface area contributed by atoms with Crippen molar-refractivity contribution >= 4 is 21.7 Å². The van der Waals surface area contributed by atoms with Gasteiger partial charge in [0.05, 0.1) is 0 Å². The summed E-state index contributed by atoms with van der Waals surface area (Å²) >= 11 is 3.42. The van der Waals surface area contributed by atoms with Gasteiger partial charge in [0.1, 0.15) is 5.82 Å². The van der Waals surface area contributed by atoms with Crippen LogP contribution >= 0.6 is 15.9 Å². The molecule has 0 aromatic carbocycles. The Labute approximate surface area is 87.1 Å². The van der Waals surface area contributed by atoms with Crippen molar-refractivity contribution < 1.29 is 0 Å². The summed E-state index contributed by atoms with van der Waals surface area (Å²) in [6.45, 7) is 4.44. The van der Waals surface area contributed by atoms with E-state index in [1.54, 1.807) is 0 Å². The molecule has 1 fully saturated rings. The van der Waals surface area contributed by atoms with Gasteiger partial charge in [-0.15, -0.1) is 0 Å². The molecule has 0 saturated carbocycles. The monoisotopic (exact) mass is 240 g/mol. The molecule has 0 spiro atoms. The van der Waals surface area contributed by atoms with Gasteiger partial charge < -0.3 is 4.90 Å². The zero-order valence-electron chi connectivity index (χ0n) is 7.76. The molecule has 2 nitrogen and oxygen atoms in total. The lowest BCUT2D eigenvalue weighted by molar-refractivity contribution is 0.927. The first-order valence-corrected chi connectivity index (χ1v) is 5.44. The van der Waals surface area contributed by atoms with E-state index in [0.29, 0.717) is 0 Å². The predicted molar refractivity (Wildman–Crippen MR) is 58.1 cm³/mol. The van der Waals surface area contributed by atoms with Gasteiger partial charge in [0.15, 0.2) is 0 Å². The molecule has 1 saturated heterocycles. The first kappa shape index (κ1) is 9.00. The van der Waals surface area contributed by atoms with Crippen molar-refractivity contribution in [2.24, 2.45) is 0 Å². The molecule has 0 unspecified atom stereocenters. The minimum atomic E-state index is 1.06. The third-order valence-electron chi connectivity index (χ3n) is 2.42. The van der Waals surface area contributed by atoms with Crippen LogP contribution in [-0.4, -0.2) is 18.1 Å². The van der Waals surface area contributed by atoms with E-state index in [1.165, 1.54) is 18.4 Å². The maximum absolute atomic E-state index is 4.44. The van der Waals surface area contributed by atoms with Crippen LogP contribution in [0.3, 0.4) is 0 Å². The summed E-state index contributed by atoms with van der Waals surface area (Å²) in [7, 11) is 0. The SMILES string of the molecule is Cc1cc(Br)cnc1N1CCCC1. The number of aromatic nitrogens is 1. The first-order valence-electron chi connectivity index (χ1n) is 4.64. The molecule has 0 aliphatic carbocycles. The van der Waals surface area contributed by atoms with Gasteiger partial charge in [-0.1, -0.05) is 0 Å². The van der Waals surface area contributed by atoms with Gasteiger partial charge in [-0.2, -0.15) is 0 Å². The quantitative estimate of drug-likeness (QED) is 0.751. The van der Waals surface area contributed by atoms with E-state index in [-0.39, 0.29) is 0 Å². The molecular weight excluding hydrogens is 228 g/mol. The number of hydrogen-bond acceptors (Lipinski definition) is 2. The van der Waals surface area contributed by atoms with Crippen molar-refractivity contribution in [2.45, 2.75) is 19.8 Å². The molecule has 1 aliphatic heterocycles. The molecule has 13 heavy (non-hydrogen) atoms. The molecule has 1 aromatic heterocycles. The summed E-state index contributed by atoms with van der Waals surface area (Å²) in [4.78, 5) is 6.80. The minimum Gasteiger partial charge on any atom is -0.356 e. The maximum Gasteiger partial charge on any atom is 0.131 e. The van der Waals surface area contributed by atoms with Crippen LogP contribution in [0.5, 0.6) is 0 Å². The number of aryl methyl sites for hydroxylation is 1. The fraction of sp³-hybridized carbons (Fsp3) is 0.500. The van der Waals surface area contributed by atoms with Gasteiger partial charge in [0.25, 0.3) is 0 Å². The Hall–Kier alpha value is -0.570. The highest BCUT2D eigenvalue weighted by molar-refractivity contribution is 9.10. The smallest absolute Gasteiger partial charge is 0.131 e. The molecular formula is C10H13BrN2. The van der Waals surface area contributed by atoms with Crippen LogP contribution < -0.4 is 4.90 Å². The Balaban J connectivity index is 2.29. The second kappa shape index (κ2) is 3.66. The summed E-state index contributed by atoms with van der Waals surface area (Å²) in [5.41, 5.74) is 1.26. The van der Waals surface area contributed by atoms with Gasteiger partial charge >= 0.3 is 0 Å². The van der Waals surface area contributed by atoms with Crippen molar-refractivity contribution in [3.05, 3.63) is 22.3 Å². The van der Waals surface area contributed by atoms with E-state index in [4.69, 9.17) is 0 Å². The second-order valence-electron chi connectivity index (χ2n) is 3.49. The van der Waals surface area contributed by atoms with Crippen molar-refractivity contribution in [3.63, 3.8) is 0 Å².